The van der Waals surface area contributed by atoms with Gasteiger partial charge in [0, 0.05) is 0 Å². The number of rotatable bonds is 5. The number of carbonyl (C=O) groups is 1. The van der Waals surface area contributed by atoms with Gasteiger partial charge in [0.25, 0.3) is 0 Å². The van der Waals surface area contributed by atoms with E-state index in [9.17, 15) is 18.0 Å². The Labute approximate surface area is 165 Å². The standard InChI is InChI=1S/C19H12F3N3O3S/c20-19(21,22)12-3-1-2-10(6-12)11-4-5-13-14(7-11)29-17(23-13)8-15-24-25-16(28-15)9-18(26)27/h1-7H,8-9H2,(H,26,27). The number of nitrogens with zero attached hydrogens (tertiary/aromatic N) is 3. The number of thiazole rings is 1. The smallest absolute Gasteiger partial charge is 0.416 e. The summed E-state index contributed by atoms with van der Waals surface area (Å²) in [6, 6.07) is 10.4. The van der Waals surface area contributed by atoms with Gasteiger partial charge in [0.2, 0.25) is 11.8 Å². The van der Waals surface area contributed by atoms with E-state index in [-0.39, 0.29) is 24.6 Å². The van der Waals surface area contributed by atoms with Gasteiger partial charge in [0.15, 0.2) is 0 Å². The molecule has 0 unspecified atom stereocenters. The highest BCUT2D eigenvalue weighted by molar-refractivity contribution is 7.18. The largest absolute Gasteiger partial charge is 0.481 e. The first-order valence-corrected chi connectivity index (χ1v) is 9.20. The van der Waals surface area contributed by atoms with Crippen molar-refractivity contribution < 1.29 is 27.5 Å². The predicted molar refractivity (Wildman–Crippen MR) is 98.5 cm³/mol. The molecule has 2 aromatic heterocycles. The lowest BCUT2D eigenvalue weighted by Gasteiger charge is -2.08. The molecule has 148 valence electrons. The highest BCUT2D eigenvalue weighted by Crippen LogP contribution is 2.34. The average molecular weight is 419 g/mol. The van der Waals surface area contributed by atoms with E-state index in [0.29, 0.717) is 21.7 Å². The van der Waals surface area contributed by atoms with Crippen molar-refractivity contribution in [1.29, 1.82) is 0 Å². The maximum absolute atomic E-state index is 13.0. The zero-order valence-electron chi connectivity index (χ0n) is 14.6. The molecular weight excluding hydrogens is 407 g/mol. The summed E-state index contributed by atoms with van der Waals surface area (Å²) < 4.78 is 45.0. The number of hydrogen-bond donors (Lipinski definition) is 1. The Morgan fingerprint density at radius 1 is 1.07 bits per heavy atom. The molecule has 0 amide bonds. The van der Waals surface area contributed by atoms with Gasteiger partial charge in [-0.25, -0.2) is 4.98 Å². The van der Waals surface area contributed by atoms with Crippen molar-refractivity contribution >= 4 is 27.5 Å². The molecule has 0 atom stereocenters. The molecule has 29 heavy (non-hydrogen) atoms. The number of carboxylic acids is 1. The number of aliphatic carboxylic acids is 1. The number of alkyl halides is 3. The first-order valence-electron chi connectivity index (χ1n) is 8.38. The van der Waals surface area contributed by atoms with Crippen LogP contribution in [0.25, 0.3) is 21.3 Å². The van der Waals surface area contributed by atoms with Crippen LogP contribution in [0.4, 0.5) is 13.2 Å². The van der Waals surface area contributed by atoms with E-state index >= 15 is 0 Å². The molecule has 0 bridgehead atoms. The van der Waals surface area contributed by atoms with Crippen molar-refractivity contribution in [2.75, 3.05) is 0 Å². The molecule has 2 heterocycles. The Kier molecular flexibility index (Phi) is 4.79. The van der Waals surface area contributed by atoms with Crippen LogP contribution in [0.5, 0.6) is 0 Å². The second kappa shape index (κ2) is 7.28. The molecule has 6 nitrogen and oxygen atoms in total. The van der Waals surface area contributed by atoms with Gasteiger partial charge >= 0.3 is 12.1 Å². The Morgan fingerprint density at radius 3 is 2.59 bits per heavy atom. The highest BCUT2D eigenvalue weighted by Gasteiger charge is 2.30. The average Bonchev–Trinajstić information content (AvgIpc) is 3.26. The maximum atomic E-state index is 13.0. The molecule has 0 spiro atoms. The van der Waals surface area contributed by atoms with Crippen LogP contribution in [0, 0.1) is 0 Å². The summed E-state index contributed by atoms with van der Waals surface area (Å²) in [7, 11) is 0. The maximum Gasteiger partial charge on any atom is 0.416 e. The second-order valence-corrected chi connectivity index (χ2v) is 7.32. The Bertz CT molecular complexity index is 1200. The van der Waals surface area contributed by atoms with E-state index in [1.54, 1.807) is 24.3 Å². The van der Waals surface area contributed by atoms with Crippen LogP contribution in [0.15, 0.2) is 46.9 Å². The molecule has 0 aliphatic heterocycles. The Hall–Kier alpha value is -3.27. The van der Waals surface area contributed by atoms with E-state index in [1.807, 2.05) is 0 Å². The summed E-state index contributed by atoms with van der Waals surface area (Å²) in [5, 5.41) is 16.9. The number of carboxylic acid groups (broad SMARTS) is 1. The third-order valence-electron chi connectivity index (χ3n) is 4.07. The van der Waals surface area contributed by atoms with Crippen LogP contribution in [0.2, 0.25) is 0 Å². The van der Waals surface area contributed by atoms with E-state index in [0.717, 1.165) is 16.8 Å². The lowest BCUT2D eigenvalue weighted by Crippen LogP contribution is -2.04. The van der Waals surface area contributed by atoms with Crippen LogP contribution < -0.4 is 0 Å². The minimum absolute atomic E-state index is 0.0143. The zero-order chi connectivity index (χ0) is 20.6. The van der Waals surface area contributed by atoms with Crippen LogP contribution in [-0.2, 0) is 23.8 Å². The normalized spacial score (nSPS) is 11.8. The third kappa shape index (κ3) is 4.27. The first kappa shape index (κ1) is 19.1. The minimum atomic E-state index is -4.40. The van der Waals surface area contributed by atoms with E-state index in [1.165, 1.54) is 17.4 Å². The summed E-state index contributed by atoms with van der Waals surface area (Å²) in [6.45, 7) is 0. The lowest BCUT2D eigenvalue weighted by atomic mass is 10.0. The van der Waals surface area contributed by atoms with Crippen molar-refractivity contribution in [2.24, 2.45) is 0 Å². The van der Waals surface area contributed by atoms with Gasteiger partial charge in [-0.1, -0.05) is 18.2 Å². The molecule has 2 aromatic carbocycles. The quantitative estimate of drug-likeness (QED) is 0.509. The van der Waals surface area contributed by atoms with E-state index in [4.69, 9.17) is 9.52 Å². The van der Waals surface area contributed by atoms with Gasteiger partial charge in [-0.15, -0.1) is 21.5 Å². The van der Waals surface area contributed by atoms with E-state index < -0.39 is 17.7 Å². The van der Waals surface area contributed by atoms with Gasteiger partial charge in [0.1, 0.15) is 11.4 Å². The van der Waals surface area contributed by atoms with Crippen LogP contribution in [0.1, 0.15) is 22.4 Å². The minimum Gasteiger partial charge on any atom is -0.481 e. The van der Waals surface area contributed by atoms with Crippen molar-refractivity contribution in [1.82, 2.24) is 15.2 Å². The molecule has 0 saturated heterocycles. The summed E-state index contributed by atoms with van der Waals surface area (Å²) in [4.78, 5) is 15.1. The molecule has 10 heteroatoms. The molecule has 0 radical (unpaired) electrons. The zero-order valence-corrected chi connectivity index (χ0v) is 15.4. The molecule has 1 N–H and O–H groups in total. The molecule has 0 saturated carbocycles. The Morgan fingerprint density at radius 2 is 1.83 bits per heavy atom. The number of hydrogen-bond acceptors (Lipinski definition) is 6. The van der Waals surface area contributed by atoms with Gasteiger partial charge in [-0.2, -0.15) is 13.2 Å². The van der Waals surface area contributed by atoms with Gasteiger partial charge in [-0.3, -0.25) is 4.79 Å². The molecular formula is C19H12F3N3O3S. The summed E-state index contributed by atoms with van der Waals surface area (Å²) in [6.07, 6.45) is -4.51. The third-order valence-corrected chi connectivity index (χ3v) is 5.09. The highest BCUT2D eigenvalue weighted by atomic mass is 32.1. The molecule has 4 rings (SSSR count). The summed E-state index contributed by atoms with van der Waals surface area (Å²) >= 11 is 1.36. The van der Waals surface area contributed by atoms with Gasteiger partial charge < -0.3 is 9.52 Å². The predicted octanol–water partition coefficient (Wildman–Crippen LogP) is 4.58. The number of benzene rings is 2. The van der Waals surface area contributed by atoms with E-state index in [2.05, 4.69) is 15.2 Å². The summed E-state index contributed by atoms with van der Waals surface area (Å²) in [5.41, 5.74) is 1.12. The SMILES string of the molecule is O=C(O)Cc1nnc(Cc2nc3ccc(-c4cccc(C(F)(F)F)c4)cc3s2)o1. The summed E-state index contributed by atoms with van der Waals surface area (Å²) in [5.74, 6) is -0.804. The van der Waals surface area contributed by atoms with Crippen molar-refractivity contribution in [3.8, 4) is 11.1 Å². The molecule has 0 aliphatic rings. The van der Waals surface area contributed by atoms with Crippen LogP contribution in [-0.4, -0.2) is 26.3 Å². The molecule has 0 fully saturated rings. The number of aromatic nitrogens is 3. The fourth-order valence-corrected chi connectivity index (χ4v) is 3.79. The number of halogens is 3. The Balaban J connectivity index is 1.60. The molecule has 0 aliphatic carbocycles. The lowest BCUT2D eigenvalue weighted by molar-refractivity contribution is -0.138. The fraction of sp³-hybridized carbons (Fsp3) is 0.158. The monoisotopic (exact) mass is 419 g/mol. The number of fused-ring (bicyclic) bond motifs is 1. The topological polar surface area (TPSA) is 89.1 Å². The fourth-order valence-electron chi connectivity index (χ4n) is 2.79. The van der Waals surface area contributed by atoms with Crippen LogP contribution in [0.3, 0.4) is 0 Å². The van der Waals surface area contributed by atoms with Gasteiger partial charge in [-0.05, 0) is 35.4 Å². The van der Waals surface area contributed by atoms with Crippen LogP contribution >= 0.6 is 11.3 Å². The first-order chi connectivity index (χ1) is 13.8. The van der Waals surface area contributed by atoms with Crippen molar-refractivity contribution in [3.05, 3.63) is 64.8 Å². The molecule has 4 aromatic rings. The van der Waals surface area contributed by atoms with Crippen molar-refractivity contribution in [3.63, 3.8) is 0 Å². The van der Waals surface area contributed by atoms with Gasteiger partial charge in [0.05, 0.1) is 22.2 Å². The second-order valence-electron chi connectivity index (χ2n) is 6.21. The van der Waals surface area contributed by atoms with Crippen molar-refractivity contribution in [2.45, 2.75) is 19.0 Å².